The second kappa shape index (κ2) is 7.99. The lowest BCUT2D eigenvalue weighted by Gasteiger charge is -2.12. The first kappa shape index (κ1) is 20.5. The molecule has 2 aromatic carbocycles. The van der Waals surface area contributed by atoms with Crippen molar-refractivity contribution in [3.63, 3.8) is 0 Å². The maximum atomic E-state index is 12.6. The molecular weight excluding hydrogens is 368 g/mol. The zero-order valence-corrected chi connectivity index (χ0v) is 17.3. The van der Waals surface area contributed by atoms with E-state index in [2.05, 4.69) is 4.98 Å². The summed E-state index contributed by atoms with van der Waals surface area (Å²) in [6.07, 6.45) is 0. The Labute approximate surface area is 169 Å². The number of hydrogen-bond donors (Lipinski definition) is 0. The lowest BCUT2D eigenvalue weighted by Crippen LogP contribution is -2.23. The van der Waals surface area contributed by atoms with Crippen LogP contribution in [0.3, 0.4) is 0 Å². The maximum Gasteiger partial charge on any atom is 0.338 e. The van der Waals surface area contributed by atoms with Crippen molar-refractivity contribution in [2.24, 2.45) is 0 Å². The number of aromatic nitrogens is 2. The number of benzene rings is 2. The predicted octanol–water partition coefficient (Wildman–Crippen LogP) is 3.69. The van der Waals surface area contributed by atoms with Gasteiger partial charge in [-0.05, 0) is 63.9 Å². The van der Waals surface area contributed by atoms with Gasteiger partial charge in [-0.1, -0.05) is 17.7 Å². The van der Waals surface area contributed by atoms with Crippen molar-refractivity contribution in [1.82, 2.24) is 9.55 Å². The number of fused-ring (bicyclic) bond motifs is 1. The van der Waals surface area contributed by atoms with Crippen LogP contribution in [0.1, 0.15) is 50.0 Å². The van der Waals surface area contributed by atoms with Gasteiger partial charge in [0.2, 0.25) is 5.78 Å². The van der Waals surface area contributed by atoms with E-state index in [9.17, 15) is 14.4 Å². The Balaban J connectivity index is 1.83. The van der Waals surface area contributed by atoms with Gasteiger partial charge >= 0.3 is 5.97 Å². The first-order chi connectivity index (χ1) is 13.7. The molecular formula is C23H24N2O4. The summed E-state index contributed by atoms with van der Waals surface area (Å²) in [5.74, 6) is -0.834. The number of aryl methyl sites for hydroxylation is 5. The molecule has 6 heteroatoms. The molecule has 0 aliphatic heterocycles. The molecule has 1 aromatic heterocycles. The number of rotatable bonds is 5. The normalized spacial score (nSPS) is 10.9. The summed E-state index contributed by atoms with van der Waals surface area (Å²) in [5, 5.41) is 0. The van der Waals surface area contributed by atoms with Crippen LogP contribution in [0.2, 0.25) is 0 Å². The quantitative estimate of drug-likeness (QED) is 0.489. The van der Waals surface area contributed by atoms with E-state index in [0.29, 0.717) is 28.8 Å². The molecule has 0 saturated carbocycles. The fraction of sp³-hybridized carbons (Fsp3) is 0.304. The highest BCUT2D eigenvalue weighted by Gasteiger charge is 2.17. The van der Waals surface area contributed by atoms with Crippen LogP contribution in [0.25, 0.3) is 11.0 Å². The van der Waals surface area contributed by atoms with Gasteiger partial charge in [-0.3, -0.25) is 9.59 Å². The summed E-state index contributed by atoms with van der Waals surface area (Å²) < 4.78 is 6.87. The van der Waals surface area contributed by atoms with Gasteiger partial charge in [0.25, 0.3) is 5.56 Å². The highest BCUT2D eigenvalue weighted by molar-refractivity contribution is 6.02. The smallest absolute Gasteiger partial charge is 0.338 e. The Morgan fingerprint density at radius 1 is 1.03 bits per heavy atom. The zero-order valence-electron chi connectivity index (χ0n) is 17.3. The second-order valence-electron chi connectivity index (χ2n) is 7.22. The number of ether oxygens (including phenoxy) is 1. The third-order valence-corrected chi connectivity index (χ3v) is 4.95. The Morgan fingerprint density at radius 2 is 1.69 bits per heavy atom. The van der Waals surface area contributed by atoms with Crippen molar-refractivity contribution in [1.29, 1.82) is 0 Å². The molecule has 29 heavy (non-hydrogen) atoms. The number of Topliss-reactive ketones (excluding diaryl/α,β-unsaturated/α-hetero) is 1. The minimum absolute atomic E-state index is 0.148. The summed E-state index contributed by atoms with van der Waals surface area (Å²) >= 11 is 0. The van der Waals surface area contributed by atoms with Gasteiger partial charge in [-0.15, -0.1) is 0 Å². The first-order valence-electron chi connectivity index (χ1n) is 9.52. The van der Waals surface area contributed by atoms with E-state index in [-0.39, 0.29) is 23.5 Å². The number of carbonyl (C=O) groups excluding carboxylic acids is 2. The van der Waals surface area contributed by atoms with Crippen LogP contribution in [-0.2, 0) is 11.3 Å². The van der Waals surface area contributed by atoms with E-state index in [1.807, 2.05) is 39.8 Å². The van der Waals surface area contributed by atoms with Crippen LogP contribution in [-0.4, -0.2) is 27.9 Å². The zero-order chi connectivity index (χ0) is 21.3. The first-order valence-corrected chi connectivity index (χ1v) is 9.52. The fourth-order valence-corrected chi connectivity index (χ4v) is 3.72. The summed E-state index contributed by atoms with van der Waals surface area (Å²) in [6, 6.07) is 8.72. The van der Waals surface area contributed by atoms with Crippen molar-refractivity contribution in [3.05, 3.63) is 74.2 Å². The van der Waals surface area contributed by atoms with Gasteiger partial charge in [0.05, 0.1) is 16.6 Å². The van der Waals surface area contributed by atoms with Crippen molar-refractivity contribution in [3.8, 4) is 0 Å². The van der Waals surface area contributed by atoms with Gasteiger partial charge in [0.1, 0.15) is 5.69 Å². The highest BCUT2D eigenvalue weighted by Crippen LogP contribution is 2.18. The topological polar surface area (TPSA) is 78.3 Å². The molecule has 0 aliphatic rings. The molecule has 150 valence electrons. The molecule has 6 nitrogen and oxygen atoms in total. The Kier molecular flexibility index (Phi) is 5.64. The van der Waals surface area contributed by atoms with E-state index in [4.69, 9.17) is 4.74 Å². The summed E-state index contributed by atoms with van der Waals surface area (Å²) in [7, 11) is 0. The Bertz CT molecular complexity index is 1170. The number of esters is 1. The van der Waals surface area contributed by atoms with Crippen LogP contribution in [0.15, 0.2) is 35.1 Å². The van der Waals surface area contributed by atoms with Crippen LogP contribution >= 0.6 is 0 Å². The lowest BCUT2D eigenvalue weighted by atomic mass is 9.97. The number of ketones is 1. The van der Waals surface area contributed by atoms with Crippen LogP contribution < -0.4 is 5.56 Å². The lowest BCUT2D eigenvalue weighted by molar-refractivity contribution is 0.0474. The van der Waals surface area contributed by atoms with Gasteiger partial charge in [-0.2, -0.15) is 0 Å². The summed E-state index contributed by atoms with van der Waals surface area (Å²) in [5.41, 5.74) is 5.10. The van der Waals surface area contributed by atoms with Gasteiger partial charge in [-0.25, -0.2) is 9.78 Å². The van der Waals surface area contributed by atoms with Crippen LogP contribution in [0.5, 0.6) is 0 Å². The maximum absolute atomic E-state index is 12.6. The monoisotopic (exact) mass is 392 g/mol. The van der Waals surface area contributed by atoms with Crippen molar-refractivity contribution in [2.45, 2.75) is 41.2 Å². The average Bonchev–Trinajstić information content (AvgIpc) is 2.66. The number of carbonyl (C=O) groups is 2. The van der Waals surface area contributed by atoms with Crippen LogP contribution in [0.4, 0.5) is 0 Å². The molecule has 0 radical (unpaired) electrons. The molecule has 3 aromatic rings. The molecule has 0 atom stereocenters. The van der Waals surface area contributed by atoms with Gasteiger partial charge < -0.3 is 9.30 Å². The SMILES string of the molecule is CCn1c(=O)c(C)nc2cc(C(=O)OCC(=O)c3c(C)cc(C)cc3C)ccc21. The average molecular weight is 392 g/mol. The van der Waals surface area contributed by atoms with Crippen molar-refractivity contribution >= 4 is 22.8 Å². The minimum atomic E-state index is -0.601. The molecule has 0 N–H and O–H groups in total. The molecule has 0 bridgehead atoms. The summed E-state index contributed by atoms with van der Waals surface area (Å²) in [6.45, 7) is 9.42. The molecule has 0 spiro atoms. The highest BCUT2D eigenvalue weighted by atomic mass is 16.5. The standard InChI is InChI=1S/C23H24N2O4/c1-6-25-19-8-7-17(11-18(19)24-16(5)22(25)27)23(28)29-12-20(26)21-14(3)9-13(2)10-15(21)4/h7-11H,6,12H2,1-5H3. The third-order valence-electron chi connectivity index (χ3n) is 4.95. The molecule has 0 saturated heterocycles. The molecule has 0 unspecified atom stereocenters. The third kappa shape index (κ3) is 3.97. The fourth-order valence-electron chi connectivity index (χ4n) is 3.72. The molecule has 0 aliphatic carbocycles. The van der Waals surface area contributed by atoms with E-state index in [1.165, 1.54) is 0 Å². The van der Waals surface area contributed by atoms with E-state index in [1.54, 1.807) is 29.7 Å². The van der Waals surface area contributed by atoms with E-state index >= 15 is 0 Å². The predicted molar refractivity (Wildman–Crippen MR) is 112 cm³/mol. The Morgan fingerprint density at radius 3 is 2.31 bits per heavy atom. The molecule has 0 fully saturated rings. The van der Waals surface area contributed by atoms with E-state index in [0.717, 1.165) is 16.7 Å². The van der Waals surface area contributed by atoms with E-state index < -0.39 is 5.97 Å². The number of hydrogen-bond acceptors (Lipinski definition) is 5. The van der Waals surface area contributed by atoms with Crippen molar-refractivity contribution in [2.75, 3.05) is 6.61 Å². The summed E-state index contributed by atoms with van der Waals surface area (Å²) in [4.78, 5) is 41.6. The number of nitrogens with zero attached hydrogens (tertiary/aromatic N) is 2. The largest absolute Gasteiger partial charge is 0.454 e. The second-order valence-corrected chi connectivity index (χ2v) is 7.22. The van der Waals surface area contributed by atoms with Gasteiger partial charge in [0, 0.05) is 12.1 Å². The Hall–Kier alpha value is -3.28. The molecule has 1 heterocycles. The van der Waals surface area contributed by atoms with Crippen LogP contribution in [0, 0.1) is 27.7 Å². The van der Waals surface area contributed by atoms with Gasteiger partial charge in [0.15, 0.2) is 6.61 Å². The van der Waals surface area contributed by atoms with Crippen molar-refractivity contribution < 1.29 is 14.3 Å². The minimum Gasteiger partial charge on any atom is -0.454 e. The molecule has 0 amide bonds. The molecule has 3 rings (SSSR count).